The number of carbonyl (C=O) groups is 2. The number of amides is 3. The SMILES string of the molecule is C[C@H](CN1CCC(c2ccc3c(N4CCC(=O)NC4=O)nn(C)c3c2)CC1)Oc1ccc(S(=O)(=O)N2CCC(Nc3ncc(OC(F)F)cn3)CC2)cc1. The molecule has 7 rings (SSSR count). The van der Waals surface area contributed by atoms with E-state index >= 15 is 0 Å². The van der Waals surface area contributed by atoms with Crippen LogP contribution in [0.2, 0.25) is 0 Å². The number of hydrogen-bond acceptors (Lipinski definition) is 11. The Kier molecular flexibility index (Phi) is 10.9. The molecule has 0 bridgehead atoms. The zero-order chi connectivity index (χ0) is 38.0. The first-order valence-corrected chi connectivity index (χ1v) is 19.5. The van der Waals surface area contributed by atoms with E-state index in [9.17, 15) is 26.8 Å². The molecule has 15 nitrogen and oxygen atoms in total. The number of aryl methyl sites for hydroxylation is 1. The van der Waals surface area contributed by atoms with Crippen LogP contribution in [0.5, 0.6) is 11.5 Å². The van der Waals surface area contributed by atoms with E-state index in [2.05, 4.69) is 47.5 Å². The van der Waals surface area contributed by atoms with Gasteiger partial charge in [0, 0.05) is 51.1 Å². The van der Waals surface area contributed by atoms with Crippen LogP contribution in [0.4, 0.5) is 25.3 Å². The van der Waals surface area contributed by atoms with E-state index in [1.54, 1.807) is 28.9 Å². The van der Waals surface area contributed by atoms with Gasteiger partial charge >= 0.3 is 12.6 Å². The summed E-state index contributed by atoms with van der Waals surface area (Å²) in [5.41, 5.74) is 2.17. The molecule has 4 aromatic rings. The number of nitrogens with zero attached hydrogens (tertiary/aromatic N) is 7. The number of nitrogens with one attached hydrogen (secondary N) is 2. The van der Waals surface area contributed by atoms with Gasteiger partial charge in [-0.15, -0.1) is 0 Å². The Morgan fingerprint density at radius 3 is 2.30 bits per heavy atom. The normalized spacial score (nSPS) is 18.9. The van der Waals surface area contributed by atoms with Crippen molar-refractivity contribution in [3.63, 3.8) is 0 Å². The number of aromatic nitrogens is 4. The fraction of sp³-hybridized carbons (Fsp3) is 0.472. The molecule has 3 fully saturated rings. The van der Waals surface area contributed by atoms with Gasteiger partial charge in [-0.3, -0.25) is 24.6 Å². The molecule has 2 N–H and O–H groups in total. The van der Waals surface area contributed by atoms with Crippen molar-refractivity contribution in [2.45, 2.75) is 68.6 Å². The van der Waals surface area contributed by atoms with Crippen LogP contribution < -0.4 is 25.0 Å². The number of carbonyl (C=O) groups excluding carboxylic acids is 2. The number of halogens is 2. The largest absolute Gasteiger partial charge is 0.489 e. The van der Waals surface area contributed by atoms with Gasteiger partial charge in [0.15, 0.2) is 11.6 Å². The fourth-order valence-electron chi connectivity index (χ4n) is 7.37. The van der Waals surface area contributed by atoms with E-state index in [1.165, 1.54) is 14.8 Å². The Morgan fingerprint density at radius 2 is 1.63 bits per heavy atom. The maximum Gasteiger partial charge on any atom is 0.387 e. The maximum absolute atomic E-state index is 13.4. The molecule has 2 aromatic heterocycles. The Bertz CT molecular complexity index is 2070. The molecule has 3 aliphatic heterocycles. The van der Waals surface area contributed by atoms with E-state index in [-0.39, 0.29) is 41.1 Å². The molecule has 1 atom stereocenters. The number of sulfonamides is 1. The highest BCUT2D eigenvalue weighted by Gasteiger charge is 2.31. The van der Waals surface area contributed by atoms with E-state index in [4.69, 9.17) is 4.74 Å². The van der Waals surface area contributed by atoms with Gasteiger partial charge in [0.2, 0.25) is 21.9 Å². The first kappa shape index (κ1) is 37.4. The number of imide groups is 1. The van der Waals surface area contributed by atoms with Crippen molar-refractivity contribution in [2.24, 2.45) is 7.05 Å². The van der Waals surface area contributed by atoms with Gasteiger partial charge in [-0.05, 0) is 93.6 Å². The fourth-order valence-corrected chi connectivity index (χ4v) is 8.84. The summed E-state index contributed by atoms with van der Waals surface area (Å²) >= 11 is 0. The van der Waals surface area contributed by atoms with Crippen LogP contribution in [0, 0.1) is 0 Å². The molecular formula is C36H43F2N9O6S. The number of ether oxygens (including phenoxy) is 2. The summed E-state index contributed by atoms with van der Waals surface area (Å²) in [5.74, 6) is 1.38. The van der Waals surface area contributed by atoms with Gasteiger partial charge in [-0.1, -0.05) is 6.07 Å². The standard InChI is InChI=1S/C36H43F2N9O6S/c1-23(22-45-14-9-24(10-15-45)25-3-8-30-31(19-25)44(2)43-33(30)47-18-13-32(48)42-36(47)49)52-27-4-6-29(7-5-27)54(50,51)46-16-11-26(12-17-46)41-35-39-20-28(21-40-35)53-34(37)38/h3-8,19-21,23-24,26,34H,9-18,22H2,1-2H3,(H,39,40,41)(H,42,48,49)/t23-/m1/s1. The minimum atomic E-state index is -3.71. The Balaban J connectivity index is 0.866. The predicted octanol–water partition coefficient (Wildman–Crippen LogP) is 4.32. The van der Waals surface area contributed by atoms with Crippen molar-refractivity contribution in [1.29, 1.82) is 0 Å². The van der Waals surface area contributed by atoms with Crippen LogP contribution >= 0.6 is 0 Å². The molecule has 3 saturated heterocycles. The summed E-state index contributed by atoms with van der Waals surface area (Å²) in [6.45, 7) is 2.52. The number of likely N-dealkylation sites (tertiary alicyclic amines) is 1. The van der Waals surface area contributed by atoms with Crippen molar-refractivity contribution in [1.82, 2.24) is 34.3 Å². The third-order valence-electron chi connectivity index (χ3n) is 10.2. The number of rotatable bonds is 12. The van der Waals surface area contributed by atoms with Gasteiger partial charge in [0.25, 0.3) is 0 Å². The predicted molar refractivity (Wildman–Crippen MR) is 195 cm³/mol. The second-order valence-electron chi connectivity index (χ2n) is 13.9. The molecule has 288 valence electrons. The van der Waals surface area contributed by atoms with Crippen molar-refractivity contribution >= 4 is 44.6 Å². The third kappa shape index (κ3) is 8.39. The number of alkyl halides is 2. The molecule has 3 aliphatic rings. The highest BCUT2D eigenvalue weighted by molar-refractivity contribution is 7.89. The summed E-state index contributed by atoms with van der Waals surface area (Å²) < 4.78 is 65.2. The number of benzene rings is 2. The molecule has 0 spiro atoms. The molecule has 54 heavy (non-hydrogen) atoms. The number of hydrogen-bond donors (Lipinski definition) is 2. The van der Waals surface area contributed by atoms with E-state index in [0.717, 1.165) is 55.8 Å². The topological polar surface area (TPSA) is 164 Å². The highest BCUT2D eigenvalue weighted by Crippen LogP contribution is 2.34. The summed E-state index contributed by atoms with van der Waals surface area (Å²) in [6, 6.07) is 12.3. The highest BCUT2D eigenvalue weighted by atomic mass is 32.2. The average molecular weight is 768 g/mol. The second-order valence-corrected chi connectivity index (χ2v) is 15.8. The number of urea groups is 1. The van der Waals surface area contributed by atoms with E-state index in [0.29, 0.717) is 50.0 Å². The van der Waals surface area contributed by atoms with Crippen LogP contribution in [0.25, 0.3) is 10.9 Å². The van der Waals surface area contributed by atoms with Crippen molar-refractivity contribution in [2.75, 3.05) is 49.5 Å². The Labute approximate surface area is 311 Å². The minimum Gasteiger partial charge on any atom is -0.489 e. The van der Waals surface area contributed by atoms with Gasteiger partial charge in [-0.2, -0.15) is 18.2 Å². The van der Waals surface area contributed by atoms with Crippen LogP contribution in [-0.2, 0) is 21.9 Å². The lowest BCUT2D eigenvalue weighted by Gasteiger charge is -2.34. The van der Waals surface area contributed by atoms with Crippen LogP contribution in [0.15, 0.2) is 59.8 Å². The Hall–Kier alpha value is -4.94. The van der Waals surface area contributed by atoms with Crippen LogP contribution in [0.1, 0.15) is 50.5 Å². The van der Waals surface area contributed by atoms with Crippen molar-refractivity contribution in [3.05, 3.63) is 60.4 Å². The molecule has 0 aliphatic carbocycles. The number of fused-ring (bicyclic) bond motifs is 1. The summed E-state index contributed by atoms with van der Waals surface area (Å²) in [7, 11) is -1.84. The summed E-state index contributed by atoms with van der Waals surface area (Å²) in [4.78, 5) is 36.2. The zero-order valence-electron chi connectivity index (χ0n) is 30.0. The molecular weight excluding hydrogens is 725 g/mol. The first-order chi connectivity index (χ1) is 25.9. The van der Waals surface area contributed by atoms with Crippen molar-refractivity contribution in [3.8, 4) is 11.5 Å². The first-order valence-electron chi connectivity index (χ1n) is 18.0. The molecule has 2 aromatic carbocycles. The average Bonchev–Trinajstić information content (AvgIpc) is 3.48. The Morgan fingerprint density at radius 1 is 0.926 bits per heavy atom. The minimum absolute atomic E-state index is 0.0713. The van der Waals surface area contributed by atoms with Crippen LogP contribution in [-0.4, -0.2) is 107 Å². The van der Waals surface area contributed by atoms with Gasteiger partial charge in [0.05, 0.1) is 22.8 Å². The van der Waals surface area contributed by atoms with Gasteiger partial charge < -0.3 is 14.8 Å². The third-order valence-corrected chi connectivity index (χ3v) is 12.1. The second kappa shape index (κ2) is 15.8. The molecule has 3 amide bonds. The van der Waals surface area contributed by atoms with Crippen LogP contribution in [0.3, 0.4) is 0 Å². The smallest absolute Gasteiger partial charge is 0.387 e. The lowest BCUT2D eigenvalue weighted by atomic mass is 9.89. The summed E-state index contributed by atoms with van der Waals surface area (Å²) in [5, 5.41) is 11.0. The lowest BCUT2D eigenvalue weighted by molar-refractivity contribution is -0.120. The molecule has 0 radical (unpaired) electrons. The van der Waals surface area contributed by atoms with Gasteiger partial charge in [0.1, 0.15) is 11.9 Å². The van der Waals surface area contributed by atoms with E-state index < -0.39 is 22.7 Å². The quantitative estimate of drug-likeness (QED) is 0.211. The van der Waals surface area contributed by atoms with Gasteiger partial charge in [-0.25, -0.2) is 23.2 Å². The van der Waals surface area contributed by atoms with Crippen molar-refractivity contribution < 1.29 is 36.3 Å². The molecule has 5 heterocycles. The molecule has 18 heteroatoms. The zero-order valence-corrected chi connectivity index (χ0v) is 30.8. The summed E-state index contributed by atoms with van der Waals surface area (Å²) in [6.07, 6.45) is 5.48. The molecule has 0 unspecified atom stereocenters. The van der Waals surface area contributed by atoms with E-state index in [1.807, 2.05) is 20.0 Å². The molecule has 0 saturated carbocycles. The number of anilines is 2. The lowest BCUT2D eigenvalue weighted by Crippen LogP contribution is -2.49. The number of piperidine rings is 2. The maximum atomic E-state index is 13.4. The monoisotopic (exact) mass is 767 g/mol.